The summed E-state index contributed by atoms with van der Waals surface area (Å²) in [6, 6.07) is 3.99. The van der Waals surface area contributed by atoms with Gasteiger partial charge in [-0.2, -0.15) is 0 Å². The molecule has 0 aromatic heterocycles. The molecule has 0 amide bonds. The van der Waals surface area contributed by atoms with Gasteiger partial charge in [0.1, 0.15) is 5.69 Å². The third-order valence-corrected chi connectivity index (χ3v) is 2.63. The van der Waals surface area contributed by atoms with E-state index in [1.807, 2.05) is 0 Å². The zero-order chi connectivity index (χ0) is 15.7. The van der Waals surface area contributed by atoms with Gasteiger partial charge in [-0.3, -0.25) is 10.1 Å². The van der Waals surface area contributed by atoms with Crippen LogP contribution in [0.25, 0.3) is 0 Å². The summed E-state index contributed by atoms with van der Waals surface area (Å²) < 4.78 is 9.66. The summed E-state index contributed by atoms with van der Waals surface area (Å²) in [5, 5.41) is 22.4. The van der Waals surface area contributed by atoms with Crippen molar-refractivity contribution in [3.05, 3.63) is 33.9 Å². The Balaban J connectivity index is 2.68. The van der Waals surface area contributed by atoms with E-state index >= 15 is 0 Å². The zero-order valence-corrected chi connectivity index (χ0v) is 11.7. The number of rotatable bonds is 9. The first kappa shape index (κ1) is 16.9. The first-order valence-corrected chi connectivity index (χ1v) is 6.39. The van der Waals surface area contributed by atoms with Crippen molar-refractivity contribution in [2.75, 3.05) is 38.8 Å². The fourth-order valence-electron chi connectivity index (χ4n) is 1.65. The van der Waals surface area contributed by atoms with Crippen LogP contribution in [0.15, 0.2) is 18.2 Å². The second-order valence-electron chi connectivity index (χ2n) is 4.10. The molecule has 0 saturated carbocycles. The summed E-state index contributed by atoms with van der Waals surface area (Å²) >= 11 is 0. The number of hydrogen-bond donors (Lipinski definition) is 2. The highest BCUT2D eigenvalue weighted by Gasteiger charge is 2.16. The van der Waals surface area contributed by atoms with Gasteiger partial charge in [0.25, 0.3) is 5.69 Å². The van der Waals surface area contributed by atoms with Gasteiger partial charge in [-0.05, 0) is 18.6 Å². The van der Waals surface area contributed by atoms with Gasteiger partial charge in [0.05, 0.1) is 30.8 Å². The number of aliphatic hydroxyl groups excluding tert-OH is 1. The third-order valence-electron chi connectivity index (χ3n) is 2.63. The van der Waals surface area contributed by atoms with Crippen LogP contribution >= 0.6 is 0 Å². The highest BCUT2D eigenvalue weighted by atomic mass is 16.6. The molecule has 8 nitrogen and oxygen atoms in total. The van der Waals surface area contributed by atoms with E-state index in [4.69, 9.17) is 9.84 Å². The summed E-state index contributed by atoms with van der Waals surface area (Å²) in [7, 11) is 1.25. The Morgan fingerprint density at radius 1 is 1.43 bits per heavy atom. The topological polar surface area (TPSA) is 111 Å². The number of hydrogen-bond acceptors (Lipinski definition) is 7. The molecule has 2 N–H and O–H groups in total. The van der Waals surface area contributed by atoms with Crippen LogP contribution in [0.4, 0.5) is 11.4 Å². The van der Waals surface area contributed by atoms with Crippen LogP contribution in [0.3, 0.4) is 0 Å². The van der Waals surface area contributed by atoms with Gasteiger partial charge < -0.3 is 19.9 Å². The van der Waals surface area contributed by atoms with E-state index in [2.05, 4.69) is 10.1 Å². The molecule has 0 aliphatic heterocycles. The Labute approximate surface area is 121 Å². The summed E-state index contributed by atoms with van der Waals surface area (Å²) in [5.41, 5.74) is 0.381. The van der Waals surface area contributed by atoms with Crippen molar-refractivity contribution in [2.45, 2.75) is 6.42 Å². The maximum Gasteiger partial charge on any atom is 0.337 e. The van der Waals surface area contributed by atoms with E-state index < -0.39 is 10.9 Å². The van der Waals surface area contributed by atoms with Crippen molar-refractivity contribution in [3.63, 3.8) is 0 Å². The molecule has 0 aliphatic carbocycles. The highest BCUT2D eigenvalue weighted by molar-refractivity contribution is 5.91. The molecule has 0 saturated heterocycles. The number of carbonyl (C=O) groups excluding carboxylic acids is 1. The normalized spacial score (nSPS) is 10.2. The van der Waals surface area contributed by atoms with E-state index in [1.54, 1.807) is 0 Å². The molecular formula is C13H18N2O6. The van der Waals surface area contributed by atoms with Gasteiger partial charge in [0, 0.05) is 19.2 Å². The van der Waals surface area contributed by atoms with Gasteiger partial charge in [-0.25, -0.2) is 4.79 Å². The average Bonchev–Trinajstić information content (AvgIpc) is 2.49. The fourth-order valence-corrected chi connectivity index (χ4v) is 1.65. The number of carbonyl (C=O) groups is 1. The number of nitrogens with zero attached hydrogens (tertiary/aromatic N) is 1. The Morgan fingerprint density at radius 3 is 2.81 bits per heavy atom. The van der Waals surface area contributed by atoms with Crippen LogP contribution in [-0.4, -0.2) is 49.5 Å². The molecule has 1 aromatic rings. The van der Waals surface area contributed by atoms with Crippen molar-refractivity contribution < 1.29 is 24.3 Å². The number of esters is 1. The Morgan fingerprint density at radius 2 is 2.19 bits per heavy atom. The molecule has 0 aliphatic rings. The minimum absolute atomic E-state index is 0.0416. The number of nitrogens with one attached hydrogen (secondary N) is 1. The van der Waals surface area contributed by atoms with Crippen LogP contribution < -0.4 is 5.32 Å². The number of nitro groups is 1. The molecule has 1 aromatic carbocycles. The minimum Gasteiger partial charge on any atom is -0.465 e. The molecule has 0 heterocycles. The SMILES string of the molecule is COC(=O)c1ccc([N+](=O)[O-])c(NCCCOCCO)c1. The van der Waals surface area contributed by atoms with Gasteiger partial charge in [-0.1, -0.05) is 0 Å². The molecule has 116 valence electrons. The molecular weight excluding hydrogens is 280 g/mol. The van der Waals surface area contributed by atoms with E-state index in [1.165, 1.54) is 25.3 Å². The minimum atomic E-state index is -0.556. The summed E-state index contributed by atoms with van der Waals surface area (Å²) in [6.45, 7) is 1.09. The Bertz CT molecular complexity index is 492. The largest absolute Gasteiger partial charge is 0.465 e. The number of benzene rings is 1. The lowest BCUT2D eigenvalue weighted by Crippen LogP contribution is -2.10. The quantitative estimate of drug-likeness (QED) is 0.305. The molecule has 0 unspecified atom stereocenters. The predicted octanol–water partition coefficient (Wildman–Crippen LogP) is 1.19. The van der Waals surface area contributed by atoms with Gasteiger partial charge in [0.15, 0.2) is 0 Å². The Hall–Kier alpha value is -2.19. The highest BCUT2D eigenvalue weighted by Crippen LogP contribution is 2.25. The monoisotopic (exact) mass is 298 g/mol. The molecule has 8 heteroatoms. The van der Waals surface area contributed by atoms with Crippen LogP contribution in [0.2, 0.25) is 0 Å². The smallest absolute Gasteiger partial charge is 0.337 e. The van der Waals surface area contributed by atoms with Crippen molar-refractivity contribution >= 4 is 17.3 Å². The number of anilines is 1. The van der Waals surface area contributed by atoms with Gasteiger partial charge in [-0.15, -0.1) is 0 Å². The lowest BCUT2D eigenvalue weighted by atomic mass is 10.1. The van der Waals surface area contributed by atoms with Gasteiger partial charge >= 0.3 is 5.97 Å². The number of aliphatic hydroxyl groups is 1. The summed E-state index contributed by atoms with van der Waals surface area (Å²) in [4.78, 5) is 21.9. The standard InChI is InChI=1S/C13H18N2O6/c1-20-13(17)10-3-4-12(15(18)19)11(9-10)14-5-2-7-21-8-6-16/h3-4,9,14,16H,2,5-8H2,1H3. The van der Waals surface area contributed by atoms with E-state index in [9.17, 15) is 14.9 Å². The zero-order valence-electron chi connectivity index (χ0n) is 11.7. The molecule has 0 atom stereocenters. The maximum absolute atomic E-state index is 11.4. The van der Waals surface area contributed by atoms with Crippen LogP contribution in [-0.2, 0) is 9.47 Å². The first-order valence-electron chi connectivity index (χ1n) is 6.39. The first-order chi connectivity index (χ1) is 10.1. The maximum atomic E-state index is 11.4. The van der Waals surface area contributed by atoms with E-state index in [0.29, 0.717) is 19.6 Å². The van der Waals surface area contributed by atoms with Crippen LogP contribution in [0, 0.1) is 10.1 Å². The molecule has 0 radical (unpaired) electrons. The van der Waals surface area contributed by atoms with E-state index in [0.717, 1.165) is 0 Å². The lowest BCUT2D eigenvalue weighted by molar-refractivity contribution is -0.384. The van der Waals surface area contributed by atoms with Crippen molar-refractivity contribution in [1.82, 2.24) is 0 Å². The van der Waals surface area contributed by atoms with Crippen LogP contribution in [0.1, 0.15) is 16.8 Å². The molecule has 0 fully saturated rings. The van der Waals surface area contributed by atoms with E-state index in [-0.39, 0.29) is 30.2 Å². The second-order valence-corrected chi connectivity index (χ2v) is 4.10. The van der Waals surface area contributed by atoms with Crippen LogP contribution in [0.5, 0.6) is 0 Å². The third kappa shape index (κ3) is 5.36. The predicted molar refractivity (Wildman–Crippen MR) is 75.4 cm³/mol. The molecule has 1 rings (SSSR count). The van der Waals surface area contributed by atoms with Crippen molar-refractivity contribution in [3.8, 4) is 0 Å². The van der Waals surface area contributed by atoms with Crippen molar-refractivity contribution in [1.29, 1.82) is 0 Å². The number of methoxy groups -OCH3 is 1. The van der Waals surface area contributed by atoms with Gasteiger partial charge in [0.2, 0.25) is 0 Å². The molecule has 0 spiro atoms. The average molecular weight is 298 g/mol. The second kappa shape index (κ2) is 8.88. The number of ether oxygens (including phenoxy) is 2. The molecule has 21 heavy (non-hydrogen) atoms. The van der Waals surface area contributed by atoms with Crippen molar-refractivity contribution in [2.24, 2.45) is 0 Å². The fraction of sp³-hybridized carbons (Fsp3) is 0.462. The molecule has 0 bridgehead atoms. The summed E-state index contributed by atoms with van der Waals surface area (Å²) in [6.07, 6.45) is 0.611. The number of nitro benzene ring substituents is 1. The summed E-state index contributed by atoms with van der Waals surface area (Å²) in [5.74, 6) is -0.556. The lowest BCUT2D eigenvalue weighted by Gasteiger charge is -2.09. The Kier molecular flexibility index (Phi) is 7.13.